The topological polar surface area (TPSA) is 162 Å². The van der Waals surface area contributed by atoms with Gasteiger partial charge in [0.05, 0.1) is 11.4 Å². The summed E-state index contributed by atoms with van der Waals surface area (Å²) in [6.07, 6.45) is 1.87. The highest BCUT2D eigenvalue weighted by molar-refractivity contribution is 6.07. The number of para-hydroxylation sites is 1. The van der Waals surface area contributed by atoms with E-state index in [2.05, 4.69) is 21.3 Å². The Bertz CT molecular complexity index is 2040. The molecule has 0 spiro atoms. The second-order valence-electron chi connectivity index (χ2n) is 13.1. The second-order valence-corrected chi connectivity index (χ2v) is 13.1. The maximum atomic E-state index is 13.5. The summed E-state index contributed by atoms with van der Waals surface area (Å²) in [5, 5.41) is 14.6. The van der Waals surface area contributed by atoms with Crippen LogP contribution in [0.5, 0.6) is 0 Å². The number of nitrogens with zero attached hydrogens (tertiary/aromatic N) is 2. The summed E-state index contributed by atoms with van der Waals surface area (Å²) in [5.74, 6) is -0.819. The SMILES string of the molecule is CCN(CCN(C)c1ccc(NC(=O)NC(Cc2ccc3ccccc3c2)C(N)=O)cc1NC(=O)c1cc2ccccc2o1)C(=O)C1CCNCC1. The van der Waals surface area contributed by atoms with Gasteiger partial charge in [0.25, 0.3) is 5.91 Å². The number of rotatable bonds is 13. The molecular weight excluding hydrogens is 658 g/mol. The van der Waals surface area contributed by atoms with Crippen LogP contribution in [0.3, 0.4) is 0 Å². The third-order valence-corrected chi connectivity index (χ3v) is 9.55. The van der Waals surface area contributed by atoms with Crippen molar-refractivity contribution in [1.29, 1.82) is 0 Å². The van der Waals surface area contributed by atoms with E-state index >= 15 is 0 Å². The number of piperidine rings is 1. The maximum absolute atomic E-state index is 13.5. The van der Waals surface area contributed by atoms with Gasteiger partial charge in [-0.2, -0.15) is 0 Å². The quantitative estimate of drug-likeness (QED) is 0.111. The molecule has 6 N–H and O–H groups in total. The lowest BCUT2D eigenvalue weighted by molar-refractivity contribution is -0.136. The average Bonchev–Trinajstić information content (AvgIpc) is 3.60. The highest BCUT2D eigenvalue weighted by Gasteiger charge is 2.26. The van der Waals surface area contributed by atoms with Crippen LogP contribution in [-0.4, -0.2) is 74.5 Å². The Morgan fingerprint density at radius 2 is 1.60 bits per heavy atom. The Morgan fingerprint density at radius 1 is 0.865 bits per heavy atom. The molecule has 1 unspecified atom stereocenters. The van der Waals surface area contributed by atoms with Crippen molar-refractivity contribution in [2.24, 2.45) is 11.7 Å². The highest BCUT2D eigenvalue weighted by atomic mass is 16.3. The standard InChI is InChI=1S/C40H45N7O5/c1-3-47(39(50)28-16-18-42-19-17-28)21-20-46(2)34-15-14-31(25-32(34)44-38(49)36-24-30-10-6-7-11-35(30)52-36)43-40(51)45-33(37(41)48)23-26-12-13-27-8-4-5-9-29(27)22-26/h4-15,22,24-25,28,33,42H,3,16-21,23H2,1-2H3,(H2,41,48)(H,44,49)(H2,43,45,51). The third-order valence-electron chi connectivity index (χ3n) is 9.55. The molecule has 1 saturated heterocycles. The highest BCUT2D eigenvalue weighted by Crippen LogP contribution is 2.30. The van der Waals surface area contributed by atoms with Crippen molar-refractivity contribution >= 4 is 62.6 Å². The minimum atomic E-state index is -0.965. The lowest BCUT2D eigenvalue weighted by atomic mass is 9.96. The Morgan fingerprint density at radius 3 is 2.33 bits per heavy atom. The molecule has 1 fully saturated rings. The van der Waals surface area contributed by atoms with Gasteiger partial charge in [0.1, 0.15) is 11.6 Å². The smallest absolute Gasteiger partial charge is 0.319 e. The molecule has 4 aromatic carbocycles. The van der Waals surface area contributed by atoms with Crippen LogP contribution in [0.15, 0.2) is 95.4 Å². The molecule has 1 atom stereocenters. The van der Waals surface area contributed by atoms with Gasteiger partial charge in [-0.1, -0.05) is 60.7 Å². The summed E-state index contributed by atoms with van der Waals surface area (Å²) in [4.78, 5) is 56.3. The fraction of sp³-hybridized carbons (Fsp3) is 0.300. The molecule has 1 aliphatic heterocycles. The minimum Gasteiger partial charge on any atom is -0.451 e. The van der Waals surface area contributed by atoms with Crippen molar-refractivity contribution in [2.75, 3.05) is 55.3 Å². The lowest BCUT2D eigenvalue weighted by Crippen LogP contribution is -2.47. The molecule has 1 aromatic heterocycles. The van der Waals surface area contributed by atoms with Gasteiger partial charge in [-0.05, 0) is 79.5 Å². The number of carbonyl (C=O) groups excluding carboxylic acids is 4. The number of hydrogen-bond acceptors (Lipinski definition) is 7. The molecule has 6 rings (SSSR count). The summed E-state index contributed by atoms with van der Waals surface area (Å²) >= 11 is 0. The predicted molar refractivity (Wildman–Crippen MR) is 205 cm³/mol. The van der Waals surface area contributed by atoms with Gasteiger partial charge in [0.2, 0.25) is 11.8 Å². The summed E-state index contributed by atoms with van der Waals surface area (Å²) in [6, 6.07) is 26.3. The first-order valence-electron chi connectivity index (χ1n) is 17.7. The van der Waals surface area contributed by atoms with E-state index in [0.717, 1.165) is 47.7 Å². The summed E-state index contributed by atoms with van der Waals surface area (Å²) < 4.78 is 5.82. The van der Waals surface area contributed by atoms with E-state index in [4.69, 9.17) is 10.2 Å². The number of nitrogens with one attached hydrogen (secondary N) is 4. The molecule has 12 heteroatoms. The van der Waals surface area contributed by atoms with Gasteiger partial charge in [-0.25, -0.2) is 4.79 Å². The molecule has 0 saturated carbocycles. The number of anilines is 3. The number of likely N-dealkylation sites (N-methyl/N-ethyl adjacent to an activating group) is 2. The van der Waals surface area contributed by atoms with Gasteiger partial charge in [0, 0.05) is 50.1 Å². The second kappa shape index (κ2) is 16.4. The number of fused-ring (bicyclic) bond motifs is 2. The van der Waals surface area contributed by atoms with Crippen LogP contribution in [0.25, 0.3) is 21.7 Å². The number of primary amides is 1. The van der Waals surface area contributed by atoms with Crippen LogP contribution >= 0.6 is 0 Å². The van der Waals surface area contributed by atoms with Gasteiger partial charge >= 0.3 is 6.03 Å². The first-order chi connectivity index (χ1) is 25.2. The number of benzene rings is 4. The van der Waals surface area contributed by atoms with Crippen LogP contribution in [0.2, 0.25) is 0 Å². The molecular formula is C40H45N7O5. The molecule has 0 bridgehead atoms. The zero-order valence-electron chi connectivity index (χ0n) is 29.5. The number of nitrogens with two attached hydrogens (primary N) is 1. The summed E-state index contributed by atoms with van der Waals surface area (Å²) in [6.45, 7) is 5.26. The monoisotopic (exact) mass is 703 g/mol. The fourth-order valence-electron chi connectivity index (χ4n) is 6.62. The molecule has 270 valence electrons. The van der Waals surface area contributed by atoms with Crippen LogP contribution < -0.4 is 31.9 Å². The van der Waals surface area contributed by atoms with Gasteiger partial charge in [-0.3, -0.25) is 14.4 Å². The van der Waals surface area contributed by atoms with E-state index in [1.165, 1.54) is 0 Å². The zero-order valence-corrected chi connectivity index (χ0v) is 29.5. The molecule has 1 aliphatic rings. The first-order valence-corrected chi connectivity index (χ1v) is 17.7. The first kappa shape index (κ1) is 35.9. The van der Waals surface area contributed by atoms with Crippen LogP contribution in [0, 0.1) is 5.92 Å². The Balaban J connectivity index is 1.18. The normalized spacial score (nSPS) is 13.7. The van der Waals surface area contributed by atoms with Gasteiger partial charge in [0.15, 0.2) is 5.76 Å². The average molecular weight is 704 g/mol. The van der Waals surface area contributed by atoms with Crippen molar-refractivity contribution in [1.82, 2.24) is 15.5 Å². The minimum absolute atomic E-state index is 0.0170. The van der Waals surface area contributed by atoms with Gasteiger partial charge < -0.3 is 41.2 Å². The van der Waals surface area contributed by atoms with Crippen molar-refractivity contribution < 1.29 is 23.6 Å². The summed E-state index contributed by atoms with van der Waals surface area (Å²) in [7, 11) is 1.89. The van der Waals surface area contributed by atoms with Crippen molar-refractivity contribution in [3.8, 4) is 0 Å². The lowest BCUT2D eigenvalue weighted by Gasteiger charge is -2.31. The van der Waals surface area contributed by atoms with E-state index in [-0.39, 0.29) is 24.0 Å². The maximum Gasteiger partial charge on any atom is 0.319 e. The molecule has 0 radical (unpaired) electrons. The molecule has 5 aromatic rings. The van der Waals surface area contributed by atoms with E-state index < -0.39 is 23.9 Å². The Kier molecular flexibility index (Phi) is 11.4. The third kappa shape index (κ3) is 8.70. The van der Waals surface area contributed by atoms with Gasteiger partial charge in [-0.15, -0.1) is 0 Å². The molecule has 12 nitrogen and oxygen atoms in total. The molecule has 0 aliphatic carbocycles. The molecule has 52 heavy (non-hydrogen) atoms. The van der Waals surface area contributed by atoms with E-state index in [0.29, 0.717) is 42.3 Å². The van der Waals surface area contributed by atoms with Crippen molar-refractivity contribution in [3.05, 3.63) is 102 Å². The van der Waals surface area contributed by atoms with E-state index in [1.807, 2.05) is 84.4 Å². The number of hydrogen-bond donors (Lipinski definition) is 5. The number of urea groups is 1. The Labute approximate surface area is 302 Å². The number of carbonyl (C=O) groups is 4. The van der Waals surface area contributed by atoms with Crippen molar-refractivity contribution in [3.63, 3.8) is 0 Å². The van der Waals surface area contributed by atoms with Crippen LogP contribution in [-0.2, 0) is 16.0 Å². The molecule has 2 heterocycles. The molecule has 5 amide bonds. The van der Waals surface area contributed by atoms with E-state index in [9.17, 15) is 19.2 Å². The largest absolute Gasteiger partial charge is 0.451 e. The van der Waals surface area contributed by atoms with Crippen LogP contribution in [0.4, 0.5) is 21.9 Å². The van der Waals surface area contributed by atoms with E-state index in [1.54, 1.807) is 30.3 Å². The fourth-order valence-corrected chi connectivity index (χ4v) is 6.62. The number of furan rings is 1. The summed E-state index contributed by atoms with van der Waals surface area (Å²) in [5.41, 5.74) is 8.61. The van der Waals surface area contributed by atoms with Crippen LogP contribution in [0.1, 0.15) is 35.9 Å². The number of amides is 5. The Hall–Kier alpha value is -5.88. The zero-order chi connectivity index (χ0) is 36.6. The van der Waals surface area contributed by atoms with Crippen molar-refractivity contribution in [2.45, 2.75) is 32.2 Å². The predicted octanol–water partition coefficient (Wildman–Crippen LogP) is 5.34.